The van der Waals surface area contributed by atoms with Gasteiger partial charge in [-0.05, 0) is 74.6 Å². The minimum absolute atomic E-state index is 0.0390. The van der Waals surface area contributed by atoms with Gasteiger partial charge in [-0.25, -0.2) is 5.43 Å². The van der Waals surface area contributed by atoms with E-state index < -0.39 is 11.8 Å². The van der Waals surface area contributed by atoms with Gasteiger partial charge in [0, 0.05) is 18.8 Å². The number of aryl methyl sites for hydroxylation is 3. The molecular weight excluding hydrogens is 436 g/mol. The van der Waals surface area contributed by atoms with Crippen molar-refractivity contribution in [3.8, 4) is 5.75 Å². The summed E-state index contributed by atoms with van der Waals surface area (Å²) in [5.41, 5.74) is 6.82. The Morgan fingerprint density at radius 1 is 1.09 bits per heavy atom. The van der Waals surface area contributed by atoms with E-state index in [1.807, 2.05) is 32.9 Å². The van der Waals surface area contributed by atoms with E-state index in [-0.39, 0.29) is 18.6 Å². The molecule has 3 amide bonds. The lowest BCUT2D eigenvalue weighted by Crippen LogP contribution is -2.41. The van der Waals surface area contributed by atoms with Crippen LogP contribution < -0.4 is 20.8 Å². The molecule has 3 rings (SSSR count). The van der Waals surface area contributed by atoms with Gasteiger partial charge in [-0.1, -0.05) is 17.7 Å². The number of carbonyl (C=O) groups is 3. The van der Waals surface area contributed by atoms with Crippen LogP contribution in [0.4, 0.5) is 5.69 Å². The molecule has 9 nitrogen and oxygen atoms in total. The lowest BCUT2D eigenvalue weighted by atomic mass is 10.1. The number of hydrazone groups is 1. The van der Waals surface area contributed by atoms with Gasteiger partial charge in [0.15, 0.2) is 6.61 Å². The molecule has 1 aliphatic rings. The first kappa shape index (κ1) is 24.9. The number of carbonyl (C=O) groups excluding carboxylic acids is 3. The molecule has 2 aromatic rings. The summed E-state index contributed by atoms with van der Waals surface area (Å²) in [7, 11) is 0. The molecule has 0 aliphatic carbocycles. The summed E-state index contributed by atoms with van der Waals surface area (Å²) in [6.45, 7) is 6.79. The minimum Gasteiger partial charge on any atom is -0.484 e. The molecule has 1 aliphatic heterocycles. The van der Waals surface area contributed by atoms with Gasteiger partial charge in [-0.15, -0.1) is 0 Å². The summed E-state index contributed by atoms with van der Waals surface area (Å²) in [4.78, 5) is 35.9. The van der Waals surface area contributed by atoms with E-state index in [0.29, 0.717) is 24.5 Å². The zero-order chi connectivity index (χ0) is 24.5. The quantitative estimate of drug-likeness (QED) is 0.314. The smallest absolute Gasteiger partial charge is 0.329 e. The number of nitrogens with one attached hydrogen (secondary N) is 3. The number of hydrogen-bond donors (Lipinski definition) is 3. The van der Waals surface area contributed by atoms with E-state index in [0.717, 1.165) is 35.2 Å². The van der Waals surface area contributed by atoms with Gasteiger partial charge in [0.2, 0.25) is 0 Å². The Morgan fingerprint density at radius 3 is 2.44 bits per heavy atom. The fourth-order valence-electron chi connectivity index (χ4n) is 3.66. The zero-order valence-electron chi connectivity index (χ0n) is 19.6. The lowest BCUT2D eigenvalue weighted by Gasteiger charge is -2.13. The third kappa shape index (κ3) is 7.41. The highest BCUT2D eigenvalue weighted by Gasteiger charge is 2.19. The first-order valence-electron chi connectivity index (χ1n) is 11.1. The maximum atomic E-state index is 12.3. The Balaban J connectivity index is 1.41. The number of rotatable bonds is 8. The molecule has 34 heavy (non-hydrogen) atoms. The molecule has 1 fully saturated rings. The second-order valence-electron chi connectivity index (χ2n) is 8.22. The second kappa shape index (κ2) is 11.9. The van der Waals surface area contributed by atoms with E-state index in [9.17, 15) is 14.4 Å². The van der Waals surface area contributed by atoms with Gasteiger partial charge < -0.3 is 20.1 Å². The third-order valence-electron chi connectivity index (χ3n) is 5.29. The van der Waals surface area contributed by atoms with Crippen LogP contribution in [0, 0.1) is 20.8 Å². The first-order valence-corrected chi connectivity index (χ1v) is 11.1. The molecule has 0 saturated carbocycles. The van der Waals surface area contributed by atoms with E-state index in [1.54, 1.807) is 24.3 Å². The molecular formula is C25H30N4O5. The van der Waals surface area contributed by atoms with Gasteiger partial charge >= 0.3 is 11.8 Å². The van der Waals surface area contributed by atoms with Crippen molar-refractivity contribution in [3.63, 3.8) is 0 Å². The van der Waals surface area contributed by atoms with Crippen molar-refractivity contribution in [1.82, 2.24) is 10.7 Å². The van der Waals surface area contributed by atoms with Crippen LogP contribution in [-0.2, 0) is 19.1 Å². The summed E-state index contributed by atoms with van der Waals surface area (Å²) >= 11 is 0. The fourth-order valence-corrected chi connectivity index (χ4v) is 3.66. The summed E-state index contributed by atoms with van der Waals surface area (Å²) in [6, 6.07) is 10.8. The number of ether oxygens (including phenoxy) is 2. The van der Waals surface area contributed by atoms with Crippen molar-refractivity contribution < 1.29 is 23.9 Å². The Bertz CT molecular complexity index is 1040. The monoisotopic (exact) mass is 466 g/mol. The fraction of sp³-hybridized carbons (Fsp3) is 0.360. The lowest BCUT2D eigenvalue weighted by molar-refractivity contribution is -0.139. The van der Waals surface area contributed by atoms with E-state index in [1.165, 1.54) is 6.21 Å². The van der Waals surface area contributed by atoms with E-state index in [2.05, 4.69) is 21.2 Å². The summed E-state index contributed by atoms with van der Waals surface area (Å²) in [5.74, 6) is -1.34. The standard InChI is InChI=1S/C25H30N4O5/c1-16-11-17(2)23(18(3)12-16)28-22(30)15-34-20-8-6-19(7-9-20)13-27-29-25(32)24(31)26-14-21-5-4-10-33-21/h6-9,11-13,21H,4-5,10,14-15H2,1-3H3,(H,26,31)(H,28,30)(H,29,32)/b27-13-/t21-/m0/s1. The average Bonchev–Trinajstić information content (AvgIpc) is 3.33. The number of hydrogen-bond acceptors (Lipinski definition) is 6. The molecule has 180 valence electrons. The van der Waals surface area contributed by atoms with Crippen LogP contribution in [0.1, 0.15) is 35.1 Å². The van der Waals surface area contributed by atoms with Gasteiger partial charge in [0.25, 0.3) is 5.91 Å². The number of anilines is 1. The predicted molar refractivity (Wildman–Crippen MR) is 129 cm³/mol. The molecule has 1 saturated heterocycles. The summed E-state index contributed by atoms with van der Waals surface area (Å²) < 4.78 is 10.9. The normalized spacial score (nSPS) is 15.2. The minimum atomic E-state index is -0.848. The molecule has 0 aromatic heterocycles. The van der Waals surface area contributed by atoms with Crippen molar-refractivity contribution in [3.05, 3.63) is 58.7 Å². The molecule has 9 heteroatoms. The van der Waals surface area contributed by atoms with Crippen LogP contribution in [0.3, 0.4) is 0 Å². The number of nitrogens with zero attached hydrogens (tertiary/aromatic N) is 1. The van der Waals surface area contributed by atoms with E-state index >= 15 is 0 Å². The zero-order valence-corrected chi connectivity index (χ0v) is 19.6. The van der Waals surface area contributed by atoms with Crippen LogP contribution in [0.5, 0.6) is 5.75 Å². The second-order valence-corrected chi connectivity index (χ2v) is 8.22. The Morgan fingerprint density at radius 2 is 1.79 bits per heavy atom. The maximum Gasteiger partial charge on any atom is 0.329 e. The van der Waals surface area contributed by atoms with Gasteiger partial charge in [-0.2, -0.15) is 5.10 Å². The number of benzene rings is 2. The van der Waals surface area contributed by atoms with Crippen molar-refractivity contribution >= 4 is 29.6 Å². The Labute approximate surface area is 198 Å². The molecule has 1 heterocycles. The highest BCUT2D eigenvalue weighted by molar-refractivity contribution is 6.35. The highest BCUT2D eigenvalue weighted by atomic mass is 16.5. The molecule has 3 N–H and O–H groups in total. The third-order valence-corrected chi connectivity index (χ3v) is 5.29. The molecule has 0 unspecified atom stereocenters. The molecule has 0 radical (unpaired) electrons. The largest absolute Gasteiger partial charge is 0.484 e. The molecule has 0 spiro atoms. The van der Waals surface area contributed by atoms with Crippen LogP contribution in [0.15, 0.2) is 41.5 Å². The Kier molecular flexibility index (Phi) is 8.75. The molecule has 2 aromatic carbocycles. The van der Waals surface area contributed by atoms with Gasteiger partial charge in [0.05, 0.1) is 12.3 Å². The number of amides is 3. The highest BCUT2D eigenvalue weighted by Crippen LogP contribution is 2.22. The van der Waals surface area contributed by atoms with Gasteiger partial charge in [-0.3, -0.25) is 14.4 Å². The van der Waals surface area contributed by atoms with Crippen LogP contribution in [0.25, 0.3) is 0 Å². The molecule has 1 atom stereocenters. The molecule has 0 bridgehead atoms. The van der Waals surface area contributed by atoms with Crippen LogP contribution >= 0.6 is 0 Å². The maximum absolute atomic E-state index is 12.3. The van der Waals surface area contributed by atoms with Crippen molar-refractivity contribution in [1.29, 1.82) is 0 Å². The van der Waals surface area contributed by atoms with Gasteiger partial charge in [0.1, 0.15) is 5.75 Å². The SMILES string of the molecule is Cc1cc(C)c(NC(=O)COc2ccc(/C=N\NC(=O)C(=O)NC[C@@H]3CCCO3)cc2)c(C)c1. The summed E-state index contributed by atoms with van der Waals surface area (Å²) in [5, 5.41) is 9.22. The van der Waals surface area contributed by atoms with Crippen molar-refractivity contribution in [2.75, 3.05) is 25.1 Å². The first-order chi connectivity index (χ1) is 16.3. The average molecular weight is 467 g/mol. The van der Waals surface area contributed by atoms with Crippen LogP contribution in [0.2, 0.25) is 0 Å². The van der Waals surface area contributed by atoms with Crippen LogP contribution in [-0.4, -0.2) is 49.8 Å². The topological polar surface area (TPSA) is 118 Å². The van der Waals surface area contributed by atoms with E-state index in [4.69, 9.17) is 9.47 Å². The predicted octanol–water partition coefficient (Wildman–Crippen LogP) is 2.37. The van der Waals surface area contributed by atoms with Crippen molar-refractivity contribution in [2.24, 2.45) is 5.10 Å². The van der Waals surface area contributed by atoms with Crippen molar-refractivity contribution in [2.45, 2.75) is 39.7 Å². The summed E-state index contributed by atoms with van der Waals surface area (Å²) in [6.07, 6.45) is 3.20. The Hall–Kier alpha value is -3.72.